The molecule has 144 valence electrons. The lowest BCUT2D eigenvalue weighted by molar-refractivity contribution is -0.139. The van der Waals surface area contributed by atoms with Crippen molar-refractivity contribution < 1.29 is 9.59 Å². The number of benzene rings is 1. The second-order valence-electron chi connectivity index (χ2n) is 7.31. The van der Waals surface area contributed by atoms with Crippen LogP contribution >= 0.6 is 0 Å². The molecule has 1 aromatic carbocycles. The molecule has 0 fully saturated rings. The van der Waals surface area contributed by atoms with Crippen LogP contribution in [0.2, 0.25) is 0 Å². The first-order valence-electron chi connectivity index (χ1n) is 9.08. The van der Waals surface area contributed by atoms with E-state index < -0.39 is 11.8 Å². The third-order valence-electron chi connectivity index (χ3n) is 4.18. The SMILES string of the molecule is Cc1cc(C)cc(-n2c(C)cc(/C=N\NC(=O)C(=O)NCC(C)C)c2C)c1. The Morgan fingerprint density at radius 3 is 2.26 bits per heavy atom. The van der Waals surface area contributed by atoms with Crippen LogP contribution in [0.4, 0.5) is 0 Å². The molecule has 6 heteroatoms. The summed E-state index contributed by atoms with van der Waals surface area (Å²) in [5, 5.41) is 6.49. The van der Waals surface area contributed by atoms with Crippen LogP contribution in [0, 0.1) is 33.6 Å². The molecule has 0 aliphatic carbocycles. The van der Waals surface area contributed by atoms with Gasteiger partial charge in [0.05, 0.1) is 6.21 Å². The molecule has 0 saturated heterocycles. The Balaban J connectivity index is 2.13. The molecule has 27 heavy (non-hydrogen) atoms. The van der Waals surface area contributed by atoms with Gasteiger partial charge in [0.2, 0.25) is 0 Å². The number of carbonyl (C=O) groups is 2. The number of carbonyl (C=O) groups excluding carboxylic acids is 2. The summed E-state index contributed by atoms with van der Waals surface area (Å²) >= 11 is 0. The second kappa shape index (κ2) is 8.66. The number of aryl methyl sites for hydroxylation is 3. The van der Waals surface area contributed by atoms with Gasteiger partial charge in [-0.25, -0.2) is 5.43 Å². The van der Waals surface area contributed by atoms with Crippen LogP contribution in [-0.4, -0.2) is 29.1 Å². The Labute approximate surface area is 160 Å². The number of hydrogen-bond acceptors (Lipinski definition) is 3. The maximum absolute atomic E-state index is 11.8. The van der Waals surface area contributed by atoms with Gasteiger partial charge in [-0.05, 0) is 62.9 Å². The molecule has 1 heterocycles. The first kappa shape index (κ1) is 20.4. The number of nitrogens with one attached hydrogen (secondary N) is 2. The monoisotopic (exact) mass is 368 g/mol. The molecule has 6 nitrogen and oxygen atoms in total. The lowest BCUT2D eigenvalue weighted by atomic mass is 10.1. The molecule has 0 aliphatic heterocycles. The quantitative estimate of drug-likeness (QED) is 0.484. The smallest absolute Gasteiger partial charge is 0.329 e. The predicted octanol–water partition coefficient (Wildman–Crippen LogP) is 2.93. The van der Waals surface area contributed by atoms with Gasteiger partial charge in [0, 0.05) is 29.2 Å². The maximum Gasteiger partial charge on any atom is 0.329 e. The number of nitrogens with zero attached hydrogens (tertiary/aromatic N) is 2. The minimum absolute atomic E-state index is 0.279. The molecule has 2 amide bonds. The summed E-state index contributed by atoms with van der Waals surface area (Å²) in [4.78, 5) is 23.4. The molecule has 1 aromatic heterocycles. The van der Waals surface area contributed by atoms with Crippen molar-refractivity contribution in [1.29, 1.82) is 0 Å². The van der Waals surface area contributed by atoms with Crippen molar-refractivity contribution in [1.82, 2.24) is 15.3 Å². The van der Waals surface area contributed by atoms with Gasteiger partial charge in [0.15, 0.2) is 0 Å². The van der Waals surface area contributed by atoms with E-state index in [2.05, 4.69) is 52.5 Å². The summed E-state index contributed by atoms with van der Waals surface area (Å²) in [7, 11) is 0. The molecular weight excluding hydrogens is 340 g/mol. The average molecular weight is 368 g/mol. The van der Waals surface area contributed by atoms with E-state index in [1.165, 1.54) is 11.1 Å². The standard InChI is InChI=1S/C21H28N4O2/c1-13(2)11-22-20(26)21(27)24-23-12-18-10-16(5)25(17(18)6)19-8-14(3)7-15(4)9-19/h7-10,12-13H,11H2,1-6H3,(H,22,26)(H,24,27)/b23-12-. The fraction of sp³-hybridized carbons (Fsp3) is 0.381. The normalized spacial score (nSPS) is 11.2. The number of hydrazone groups is 1. The summed E-state index contributed by atoms with van der Waals surface area (Å²) in [6, 6.07) is 8.41. The Bertz CT molecular complexity index is 858. The Morgan fingerprint density at radius 2 is 1.67 bits per heavy atom. The third kappa shape index (κ3) is 5.29. The van der Waals surface area contributed by atoms with E-state index in [1.807, 2.05) is 33.8 Å². The second-order valence-corrected chi connectivity index (χ2v) is 7.31. The Morgan fingerprint density at radius 1 is 1.04 bits per heavy atom. The first-order chi connectivity index (χ1) is 12.7. The molecule has 2 aromatic rings. The van der Waals surface area contributed by atoms with Gasteiger partial charge in [-0.15, -0.1) is 0 Å². The van der Waals surface area contributed by atoms with Gasteiger partial charge in [-0.1, -0.05) is 19.9 Å². The highest BCUT2D eigenvalue weighted by Crippen LogP contribution is 2.21. The summed E-state index contributed by atoms with van der Waals surface area (Å²) in [5.41, 5.74) is 8.74. The van der Waals surface area contributed by atoms with Gasteiger partial charge >= 0.3 is 11.8 Å². The van der Waals surface area contributed by atoms with Gasteiger partial charge in [0.25, 0.3) is 0 Å². The molecule has 0 radical (unpaired) electrons. The van der Waals surface area contributed by atoms with Crippen LogP contribution in [0.1, 0.15) is 41.9 Å². The summed E-state index contributed by atoms with van der Waals surface area (Å²) in [6.07, 6.45) is 1.56. The highest BCUT2D eigenvalue weighted by atomic mass is 16.2. The van der Waals surface area contributed by atoms with Crippen molar-refractivity contribution in [3.63, 3.8) is 0 Å². The van der Waals surface area contributed by atoms with Crippen LogP contribution < -0.4 is 10.7 Å². The molecule has 0 spiro atoms. The number of aromatic nitrogens is 1. The summed E-state index contributed by atoms with van der Waals surface area (Å²) in [5.74, 6) is -1.17. The average Bonchev–Trinajstić information content (AvgIpc) is 2.85. The zero-order valence-corrected chi connectivity index (χ0v) is 16.9. The van der Waals surface area contributed by atoms with Crippen molar-refractivity contribution in [3.8, 4) is 5.69 Å². The van der Waals surface area contributed by atoms with Crippen molar-refractivity contribution >= 4 is 18.0 Å². The molecule has 0 unspecified atom stereocenters. The van der Waals surface area contributed by atoms with E-state index in [4.69, 9.17) is 0 Å². The maximum atomic E-state index is 11.8. The van der Waals surface area contributed by atoms with Crippen molar-refractivity contribution in [2.75, 3.05) is 6.54 Å². The number of amides is 2. The van der Waals surface area contributed by atoms with Gasteiger partial charge in [-0.2, -0.15) is 5.10 Å². The fourth-order valence-electron chi connectivity index (χ4n) is 2.98. The van der Waals surface area contributed by atoms with E-state index >= 15 is 0 Å². The van der Waals surface area contributed by atoms with E-state index in [9.17, 15) is 9.59 Å². The lowest BCUT2D eigenvalue weighted by Gasteiger charge is -2.11. The molecular formula is C21H28N4O2. The predicted molar refractivity (Wildman–Crippen MR) is 108 cm³/mol. The van der Waals surface area contributed by atoms with Crippen molar-refractivity contribution in [3.05, 3.63) is 52.3 Å². The molecule has 0 saturated carbocycles. The first-order valence-corrected chi connectivity index (χ1v) is 9.08. The van der Waals surface area contributed by atoms with E-state index in [1.54, 1.807) is 6.21 Å². The van der Waals surface area contributed by atoms with Crippen LogP contribution in [0.3, 0.4) is 0 Å². The Hall–Kier alpha value is -2.89. The van der Waals surface area contributed by atoms with Gasteiger partial charge < -0.3 is 9.88 Å². The summed E-state index contributed by atoms with van der Waals surface area (Å²) < 4.78 is 2.15. The Kier molecular flexibility index (Phi) is 6.55. The van der Waals surface area contributed by atoms with E-state index in [0.717, 1.165) is 22.6 Å². The molecule has 2 N–H and O–H groups in total. The lowest BCUT2D eigenvalue weighted by Crippen LogP contribution is -2.39. The zero-order valence-electron chi connectivity index (χ0n) is 16.9. The highest BCUT2D eigenvalue weighted by molar-refractivity contribution is 6.35. The van der Waals surface area contributed by atoms with Crippen molar-refractivity contribution in [2.24, 2.45) is 11.0 Å². The minimum Gasteiger partial charge on any atom is -0.348 e. The number of hydrogen-bond donors (Lipinski definition) is 2. The topological polar surface area (TPSA) is 75.5 Å². The molecule has 0 aliphatic rings. The largest absolute Gasteiger partial charge is 0.348 e. The fourth-order valence-corrected chi connectivity index (χ4v) is 2.98. The van der Waals surface area contributed by atoms with Crippen molar-refractivity contribution in [2.45, 2.75) is 41.5 Å². The van der Waals surface area contributed by atoms with E-state index in [0.29, 0.717) is 6.54 Å². The van der Waals surface area contributed by atoms with Gasteiger partial charge in [0.1, 0.15) is 0 Å². The molecule has 0 atom stereocenters. The zero-order chi connectivity index (χ0) is 20.1. The third-order valence-corrected chi connectivity index (χ3v) is 4.18. The van der Waals surface area contributed by atoms with Crippen LogP contribution in [0.15, 0.2) is 29.4 Å². The van der Waals surface area contributed by atoms with Crippen LogP contribution in [0.5, 0.6) is 0 Å². The van der Waals surface area contributed by atoms with Crippen LogP contribution in [0.25, 0.3) is 5.69 Å². The van der Waals surface area contributed by atoms with Crippen LogP contribution in [-0.2, 0) is 9.59 Å². The molecule has 2 rings (SSSR count). The summed E-state index contributed by atoms with van der Waals surface area (Å²) in [6.45, 7) is 12.6. The molecule has 0 bridgehead atoms. The van der Waals surface area contributed by atoms with Gasteiger partial charge in [-0.3, -0.25) is 9.59 Å². The minimum atomic E-state index is -0.769. The number of rotatable bonds is 5. The van der Waals surface area contributed by atoms with E-state index in [-0.39, 0.29) is 5.92 Å². The highest BCUT2D eigenvalue weighted by Gasteiger charge is 2.13.